The Hall–Kier alpha value is -2.50. The third kappa shape index (κ3) is 5.56. The second-order valence-electron chi connectivity index (χ2n) is 3.72. The molecule has 0 aliphatic carbocycles. The van der Waals surface area contributed by atoms with Gasteiger partial charge < -0.3 is 20.4 Å². The number of carbonyl (C=O) groups excluding carboxylic acids is 2. The molecule has 0 aliphatic rings. The first kappa shape index (κ1) is 18.5. The van der Waals surface area contributed by atoms with Crippen LogP contribution in [0.3, 0.4) is 0 Å². The first-order valence-corrected chi connectivity index (χ1v) is 5.42. The molecule has 0 saturated carbocycles. The molecule has 4 N–H and O–H groups in total. The van der Waals surface area contributed by atoms with E-state index in [1.54, 1.807) is 0 Å². The van der Waals surface area contributed by atoms with E-state index in [-0.39, 0.29) is 51.2 Å². The van der Waals surface area contributed by atoms with Crippen LogP contribution >= 0.6 is 0 Å². The first-order chi connectivity index (χ1) is 9.47. The smallest absolute Gasteiger partial charge is 0.153 e. The molecule has 112 valence electrons. The number of aldehydes is 2. The summed E-state index contributed by atoms with van der Waals surface area (Å²) in [5.41, 5.74) is 0.357. The topological polar surface area (TPSA) is 115 Å². The number of rotatable bonds is 2. The number of phenols is 4. The van der Waals surface area contributed by atoms with Crippen LogP contribution in [0.15, 0.2) is 36.4 Å². The molecule has 6 nitrogen and oxygen atoms in total. The van der Waals surface area contributed by atoms with Crippen LogP contribution in [-0.4, -0.2) is 33.0 Å². The maximum absolute atomic E-state index is 10.1. The number of carbonyl (C=O) groups is 2. The van der Waals surface area contributed by atoms with Crippen molar-refractivity contribution in [1.29, 1.82) is 0 Å². The van der Waals surface area contributed by atoms with Crippen LogP contribution in [0.25, 0.3) is 0 Å². The average Bonchev–Trinajstić information content (AvgIpc) is 2.40. The maximum atomic E-state index is 10.1. The Bertz CT molecular complexity index is 571. The summed E-state index contributed by atoms with van der Waals surface area (Å²) in [4.78, 5) is 20.2. The molecule has 21 heavy (non-hydrogen) atoms. The van der Waals surface area contributed by atoms with Crippen molar-refractivity contribution in [3.63, 3.8) is 0 Å². The van der Waals surface area contributed by atoms with Crippen LogP contribution in [0.4, 0.5) is 0 Å². The maximum Gasteiger partial charge on any atom is 0.153 e. The fourth-order valence-electron chi connectivity index (χ4n) is 1.26. The van der Waals surface area contributed by atoms with Crippen molar-refractivity contribution in [2.45, 2.75) is 0 Å². The summed E-state index contributed by atoms with van der Waals surface area (Å²) in [7, 11) is 0. The van der Waals surface area contributed by atoms with Crippen molar-refractivity contribution in [2.75, 3.05) is 0 Å². The van der Waals surface area contributed by atoms with Crippen molar-refractivity contribution in [3.05, 3.63) is 47.5 Å². The van der Waals surface area contributed by atoms with Crippen molar-refractivity contribution in [1.82, 2.24) is 0 Å². The van der Waals surface area contributed by atoms with Gasteiger partial charge in [-0.3, -0.25) is 9.59 Å². The summed E-state index contributed by atoms with van der Waals surface area (Å²) in [5.74, 6) is -0.504. The molecule has 0 amide bonds. The molecule has 0 heterocycles. The third-order valence-electron chi connectivity index (χ3n) is 2.28. The van der Waals surface area contributed by atoms with Gasteiger partial charge in [-0.25, -0.2) is 0 Å². The third-order valence-corrected chi connectivity index (χ3v) is 2.28. The van der Waals surface area contributed by atoms with Crippen LogP contribution < -0.4 is 0 Å². The number of phenolic OH excluding ortho intramolecular Hbond substituents is 4. The first-order valence-electron chi connectivity index (χ1n) is 5.42. The van der Waals surface area contributed by atoms with E-state index in [0.717, 1.165) is 12.1 Å². The van der Waals surface area contributed by atoms with Crippen molar-refractivity contribution in [2.24, 2.45) is 0 Å². The van der Waals surface area contributed by atoms with Gasteiger partial charge in [0.05, 0.1) is 11.1 Å². The Morgan fingerprint density at radius 1 is 0.667 bits per heavy atom. The van der Waals surface area contributed by atoms with Gasteiger partial charge in [0.25, 0.3) is 0 Å². The molecule has 0 bridgehead atoms. The Kier molecular flexibility index (Phi) is 7.60. The van der Waals surface area contributed by atoms with Gasteiger partial charge in [-0.05, 0) is 24.3 Å². The van der Waals surface area contributed by atoms with Gasteiger partial charge in [-0.15, -0.1) is 0 Å². The molecule has 0 saturated heterocycles. The zero-order valence-corrected chi connectivity index (χ0v) is 11.7. The van der Waals surface area contributed by atoms with E-state index in [4.69, 9.17) is 20.4 Å². The zero-order valence-electron chi connectivity index (χ0n) is 10.6. The minimum absolute atomic E-state index is 0. The number of aromatic hydroxyl groups is 4. The minimum Gasteiger partial charge on any atom is -0.508 e. The Morgan fingerprint density at radius 3 is 1.24 bits per heavy atom. The van der Waals surface area contributed by atoms with Crippen LogP contribution in [0.1, 0.15) is 20.7 Å². The molecule has 2 aromatic rings. The molecule has 0 aliphatic heterocycles. The van der Waals surface area contributed by atoms with E-state index in [2.05, 4.69) is 0 Å². The molecule has 2 aromatic carbocycles. The molecular formula is C14H12FeO6. The molecule has 0 fully saturated rings. The predicted octanol–water partition coefficient (Wildman–Crippen LogP) is 1.82. The Balaban J connectivity index is 0.000000364. The van der Waals surface area contributed by atoms with E-state index < -0.39 is 0 Å². The second-order valence-corrected chi connectivity index (χ2v) is 3.72. The minimum atomic E-state index is -0.199. The fourth-order valence-corrected chi connectivity index (χ4v) is 1.26. The summed E-state index contributed by atoms with van der Waals surface area (Å²) in [6, 6.07) is 7.59. The van der Waals surface area contributed by atoms with E-state index >= 15 is 0 Å². The molecule has 0 radical (unpaired) electrons. The number of hydrogen-bond acceptors (Lipinski definition) is 6. The molecular weight excluding hydrogens is 320 g/mol. The van der Waals surface area contributed by atoms with Crippen molar-refractivity contribution >= 4 is 12.6 Å². The van der Waals surface area contributed by atoms with E-state index in [0.29, 0.717) is 12.6 Å². The fraction of sp³-hybridized carbons (Fsp3) is 0. The number of benzene rings is 2. The normalized spacial score (nSPS) is 8.76. The summed E-state index contributed by atoms with van der Waals surface area (Å²) < 4.78 is 0. The molecule has 0 atom stereocenters. The van der Waals surface area contributed by atoms with Crippen molar-refractivity contribution < 1.29 is 47.1 Å². The van der Waals surface area contributed by atoms with Gasteiger partial charge in [-0.1, -0.05) is 0 Å². The van der Waals surface area contributed by atoms with Gasteiger partial charge in [0.2, 0.25) is 0 Å². The molecule has 0 unspecified atom stereocenters. The van der Waals surface area contributed by atoms with Crippen LogP contribution in [0, 0.1) is 0 Å². The van der Waals surface area contributed by atoms with E-state index in [1.165, 1.54) is 24.3 Å². The second kappa shape index (κ2) is 8.63. The Labute approximate surface area is 130 Å². The molecule has 0 spiro atoms. The van der Waals surface area contributed by atoms with Crippen LogP contribution in [-0.2, 0) is 17.1 Å². The molecule has 7 heteroatoms. The van der Waals surface area contributed by atoms with Crippen LogP contribution in [0.2, 0.25) is 0 Å². The van der Waals surface area contributed by atoms with Gasteiger partial charge in [-0.2, -0.15) is 0 Å². The van der Waals surface area contributed by atoms with Gasteiger partial charge in [0.15, 0.2) is 12.6 Å². The monoisotopic (exact) mass is 332 g/mol. The van der Waals surface area contributed by atoms with E-state index in [1.807, 2.05) is 0 Å². The predicted molar refractivity (Wildman–Crippen MR) is 70.3 cm³/mol. The molecule has 2 rings (SSSR count). The van der Waals surface area contributed by atoms with Gasteiger partial charge in [0, 0.05) is 29.2 Å². The zero-order chi connectivity index (χ0) is 15.1. The van der Waals surface area contributed by atoms with Crippen LogP contribution in [0.5, 0.6) is 23.0 Å². The van der Waals surface area contributed by atoms with Gasteiger partial charge in [0.1, 0.15) is 23.0 Å². The SMILES string of the molecule is O=Cc1ccc(O)cc1O.O=Cc1ccc(O)cc1O.[Fe]. The van der Waals surface area contributed by atoms with E-state index in [9.17, 15) is 9.59 Å². The van der Waals surface area contributed by atoms with Gasteiger partial charge >= 0.3 is 0 Å². The largest absolute Gasteiger partial charge is 0.508 e. The standard InChI is InChI=1S/2C7H6O3.Fe/c2*8-4-5-1-2-6(9)3-7(5)10;/h2*1-4,9-10H;. The Morgan fingerprint density at radius 2 is 1.00 bits per heavy atom. The molecule has 0 aromatic heterocycles. The summed E-state index contributed by atoms with van der Waals surface area (Å²) >= 11 is 0. The summed E-state index contributed by atoms with van der Waals surface area (Å²) in [6.45, 7) is 0. The number of hydrogen-bond donors (Lipinski definition) is 4. The summed E-state index contributed by atoms with van der Waals surface area (Å²) in [6.07, 6.45) is 1.05. The quantitative estimate of drug-likeness (QED) is 0.493. The summed E-state index contributed by atoms with van der Waals surface area (Å²) in [5, 5.41) is 35.3. The van der Waals surface area contributed by atoms with Crippen molar-refractivity contribution in [3.8, 4) is 23.0 Å². The average molecular weight is 332 g/mol.